The van der Waals surface area contributed by atoms with Gasteiger partial charge in [0.25, 0.3) is 0 Å². The van der Waals surface area contributed by atoms with Crippen molar-refractivity contribution in [3.8, 4) is 5.75 Å². The first-order valence-corrected chi connectivity index (χ1v) is 8.77. The highest BCUT2D eigenvalue weighted by Crippen LogP contribution is 2.34. The number of hydrogen-bond acceptors (Lipinski definition) is 3. The average Bonchev–Trinajstić information content (AvgIpc) is 2.50. The highest BCUT2D eigenvalue weighted by Gasteiger charge is 2.11. The third-order valence-electron chi connectivity index (χ3n) is 3.73. The summed E-state index contributed by atoms with van der Waals surface area (Å²) in [6, 6.07) is 2.09. The van der Waals surface area contributed by atoms with Crippen LogP contribution in [-0.2, 0) is 4.79 Å². The van der Waals surface area contributed by atoms with Gasteiger partial charge in [-0.2, -0.15) is 0 Å². The molecule has 0 saturated heterocycles. The molecule has 0 saturated carbocycles. The van der Waals surface area contributed by atoms with Crippen LogP contribution in [0.5, 0.6) is 5.75 Å². The summed E-state index contributed by atoms with van der Waals surface area (Å²) in [5.74, 6) is 0.902. The Bertz CT molecular complexity index is 697. The van der Waals surface area contributed by atoms with Gasteiger partial charge in [-0.05, 0) is 62.9 Å². The van der Waals surface area contributed by atoms with Crippen molar-refractivity contribution in [2.75, 3.05) is 12.9 Å². The molecule has 0 amide bonds. The van der Waals surface area contributed by atoms with Gasteiger partial charge in [0.1, 0.15) is 5.75 Å². The molecule has 130 valence electrons. The number of aliphatic carboxylic acids is 1. The molecule has 0 bridgehead atoms. The van der Waals surface area contributed by atoms with E-state index in [2.05, 4.69) is 33.8 Å². The summed E-state index contributed by atoms with van der Waals surface area (Å²) < 4.78 is 5.41. The lowest BCUT2D eigenvalue weighted by atomic mass is 10.1. The maximum absolute atomic E-state index is 10.6. The zero-order valence-corrected chi connectivity index (χ0v) is 16.1. The summed E-state index contributed by atoms with van der Waals surface area (Å²) in [4.78, 5) is 11.9. The zero-order valence-electron chi connectivity index (χ0n) is 15.3. The van der Waals surface area contributed by atoms with Gasteiger partial charge in [-0.25, -0.2) is 4.79 Å². The molecular weight excluding hydrogens is 320 g/mol. The third-order valence-corrected chi connectivity index (χ3v) is 5.25. The lowest BCUT2D eigenvalue weighted by molar-refractivity contribution is -0.131. The van der Waals surface area contributed by atoms with Crippen LogP contribution in [0.2, 0.25) is 0 Å². The monoisotopic (exact) mass is 346 g/mol. The Morgan fingerprint density at radius 1 is 1.25 bits per heavy atom. The maximum atomic E-state index is 10.6. The molecule has 0 aliphatic heterocycles. The predicted octanol–water partition coefficient (Wildman–Crippen LogP) is 5.25. The molecule has 0 radical (unpaired) electrons. The molecule has 0 spiro atoms. The van der Waals surface area contributed by atoms with E-state index in [1.54, 1.807) is 20.1 Å². The Labute approximate surface area is 149 Å². The fourth-order valence-electron chi connectivity index (χ4n) is 2.30. The molecule has 0 atom stereocenters. The summed E-state index contributed by atoms with van der Waals surface area (Å²) in [5.41, 5.74) is 5.62. The van der Waals surface area contributed by atoms with E-state index in [4.69, 9.17) is 9.84 Å². The first-order valence-electron chi connectivity index (χ1n) is 7.79. The smallest absolute Gasteiger partial charge is 0.328 e. The quantitative estimate of drug-likeness (QED) is 0.416. The van der Waals surface area contributed by atoms with Crippen molar-refractivity contribution < 1.29 is 14.6 Å². The lowest BCUT2D eigenvalue weighted by Gasteiger charge is -2.15. The molecule has 1 rings (SSSR count). The van der Waals surface area contributed by atoms with Gasteiger partial charge >= 0.3 is 5.97 Å². The van der Waals surface area contributed by atoms with E-state index in [-0.39, 0.29) is 0 Å². The normalized spacial score (nSPS) is 12.8. The summed E-state index contributed by atoms with van der Waals surface area (Å²) in [7, 11) is 1.70. The molecule has 0 aliphatic carbocycles. The molecule has 1 aromatic carbocycles. The van der Waals surface area contributed by atoms with Crippen LogP contribution in [-0.4, -0.2) is 23.9 Å². The number of allylic oxidation sites excluding steroid dienone is 4. The van der Waals surface area contributed by atoms with E-state index in [0.29, 0.717) is 0 Å². The van der Waals surface area contributed by atoms with Crippen LogP contribution in [0, 0.1) is 20.8 Å². The van der Waals surface area contributed by atoms with Crippen molar-refractivity contribution in [3.63, 3.8) is 0 Å². The molecule has 3 nitrogen and oxygen atoms in total. The van der Waals surface area contributed by atoms with Crippen molar-refractivity contribution in [3.05, 3.63) is 58.2 Å². The molecule has 0 fully saturated rings. The molecular formula is C20H26O3S. The topological polar surface area (TPSA) is 46.5 Å². The fourth-order valence-corrected chi connectivity index (χ4v) is 3.42. The number of aryl methyl sites for hydroxylation is 1. The second-order valence-corrected chi connectivity index (χ2v) is 6.85. The minimum atomic E-state index is -0.922. The van der Waals surface area contributed by atoms with Crippen LogP contribution in [0.1, 0.15) is 30.5 Å². The number of ether oxygens (including phenoxy) is 1. The summed E-state index contributed by atoms with van der Waals surface area (Å²) in [5, 5.41) is 8.68. The van der Waals surface area contributed by atoms with Gasteiger partial charge in [-0.1, -0.05) is 23.8 Å². The van der Waals surface area contributed by atoms with Gasteiger partial charge in [0.2, 0.25) is 0 Å². The molecule has 0 heterocycles. The van der Waals surface area contributed by atoms with Crippen molar-refractivity contribution in [2.24, 2.45) is 0 Å². The number of carboxylic acids is 1. The Kier molecular flexibility index (Phi) is 7.86. The van der Waals surface area contributed by atoms with Gasteiger partial charge in [-0.15, -0.1) is 11.8 Å². The van der Waals surface area contributed by atoms with Gasteiger partial charge in [0, 0.05) is 16.7 Å². The minimum absolute atomic E-state index is 0.719. The number of thioether (sulfide) groups is 1. The van der Waals surface area contributed by atoms with Crippen molar-refractivity contribution in [1.82, 2.24) is 0 Å². The SMILES string of the molecule is COc1cc(C)c(SCC(C)=CC=C/C(C)=C/C(=O)O)c(C)c1C. The number of rotatable bonds is 7. The van der Waals surface area contributed by atoms with E-state index in [9.17, 15) is 4.79 Å². The van der Waals surface area contributed by atoms with Gasteiger partial charge in [0.05, 0.1) is 7.11 Å². The molecule has 4 heteroatoms. The standard InChI is InChI=1S/C20H26O3S/c1-13(10-19(21)22)8-7-9-14(2)12-24-20-15(3)11-18(23-6)16(4)17(20)5/h7-11H,12H2,1-6H3,(H,21,22)/b8-7?,13-10+,14-9?. The average molecular weight is 346 g/mol. The Balaban J connectivity index is 2.79. The molecule has 1 N–H and O–H groups in total. The molecule has 0 aliphatic rings. The van der Waals surface area contributed by atoms with Crippen molar-refractivity contribution >= 4 is 17.7 Å². The van der Waals surface area contributed by atoms with Crippen LogP contribution < -0.4 is 4.74 Å². The van der Waals surface area contributed by atoms with E-state index in [1.807, 2.05) is 23.9 Å². The van der Waals surface area contributed by atoms with E-state index in [1.165, 1.54) is 33.2 Å². The predicted molar refractivity (Wildman–Crippen MR) is 102 cm³/mol. The first kappa shape index (κ1) is 20.1. The van der Waals surface area contributed by atoms with Gasteiger partial charge in [0.15, 0.2) is 0 Å². The van der Waals surface area contributed by atoms with Gasteiger partial charge < -0.3 is 9.84 Å². The van der Waals surface area contributed by atoms with Crippen LogP contribution in [0.25, 0.3) is 0 Å². The first-order chi connectivity index (χ1) is 11.3. The Morgan fingerprint density at radius 3 is 2.50 bits per heavy atom. The van der Waals surface area contributed by atoms with E-state index < -0.39 is 5.97 Å². The van der Waals surface area contributed by atoms with Crippen LogP contribution in [0.3, 0.4) is 0 Å². The third kappa shape index (κ3) is 5.93. The van der Waals surface area contributed by atoms with Gasteiger partial charge in [-0.3, -0.25) is 0 Å². The van der Waals surface area contributed by atoms with E-state index >= 15 is 0 Å². The number of benzene rings is 1. The molecule has 0 aromatic heterocycles. The minimum Gasteiger partial charge on any atom is -0.496 e. The summed E-state index contributed by atoms with van der Waals surface area (Å²) in [6.45, 7) is 10.2. The van der Waals surface area contributed by atoms with E-state index in [0.717, 1.165) is 17.1 Å². The largest absolute Gasteiger partial charge is 0.496 e. The van der Waals surface area contributed by atoms with Crippen LogP contribution in [0.15, 0.2) is 46.4 Å². The van der Waals surface area contributed by atoms with Crippen molar-refractivity contribution in [1.29, 1.82) is 0 Å². The highest BCUT2D eigenvalue weighted by molar-refractivity contribution is 7.99. The fraction of sp³-hybridized carbons (Fsp3) is 0.350. The molecule has 24 heavy (non-hydrogen) atoms. The summed E-state index contributed by atoms with van der Waals surface area (Å²) in [6.07, 6.45) is 6.91. The second kappa shape index (κ2) is 9.38. The maximum Gasteiger partial charge on any atom is 0.328 e. The Morgan fingerprint density at radius 2 is 1.92 bits per heavy atom. The molecule has 1 aromatic rings. The second-order valence-electron chi connectivity index (χ2n) is 5.86. The number of methoxy groups -OCH3 is 1. The summed E-state index contributed by atoms with van der Waals surface area (Å²) >= 11 is 1.82. The number of hydrogen-bond donors (Lipinski definition) is 1. The van der Waals surface area contributed by atoms with Crippen LogP contribution in [0.4, 0.5) is 0 Å². The molecule has 0 unspecified atom stereocenters. The number of carboxylic acid groups (broad SMARTS) is 1. The number of carbonyl (C=O) groups is 1. The highest BCUT2D eigenvalue weighted by atomic mass is 32.2. The lowest BCUT2D eigenvalue weighted by Crippen LogP contribution is -1.96. The van der Waals surface area contributed by atoms with Crippen molar-refractivity contribution in [2.45, 2.75) is 39.5 Å². The Hall–Kier alpha value is -1.94. The zero-order chi connectivity index (χ0) is 18.3. The van der Waals surface area contributed by atoms with Crippen LogP contribution >= 0.6 is 11.8 Å².